The maximum absolute atomic E-state index is 10.8. The average Bonchev–Trinajstić information content (AvgIpc) is 2.77. The minimum Gasteiger partial charge on any atom is -0.490 e. The van der Waals surface area contributed by atoms with Crippen LogP contribution in [0.4, 0.5) is 0 Å². The van der Waals surface area contributed by atoms with Crippen LogP contribution >= 0.6 is 0 Å². The van der Waals surface area contributed by atoms with E-state index in [0.717, 1.165) is 17.9 Å². The summed E-state index contributed by atoms with van der Waals surface area (Å²) in [5, 5.41) is 10.8. The Hall–Kier alpha value is -2.02. The highest BCUT2D eigenvalue weighted by Gasteiger charge is 2.33. The lowest BCUT2D eigenvalue weighted by Gasteiger charge is -2.30. The van der Waals surface area contributed by atoms with Gasteiger partial charge >= 0.3 is 0 Å². The summed E-state index contributed by atoms with van der Waals surface area (Å²) in [6.07, 6.45) is 5.09. The molecule has 1 N–H and O–H groups in total. The summed E-state index contributed by atoms with van der Waals surface area (Å²) in [4.78, 5) is 10.2. The van der Waals surface area contributed by atoms with E-state index in [4.69, 9.17) is 9.47 Å². The zero-order valence-electron chi connectivity index (χ0n) is 13.0. The maximum atomic E-state index is 10.8. The first kappa shape index (κ1) is 15.9. The van der Waals surface area contributed by atoms with Crippen molar-refractivity contribution in [3.8, 4) is 5.75 Å². The molecule has 0 unspecified atom stereocenters. The molecule has 1 saturated heterocycles. The molecule has 0 aliphatic carbocycles. The number of para-hydroxylation sites is 1. The first-order valence-electron chi connectivity index (χ1n) is 7.68. The molecular formula is C17H21N3O3. The molecule has 0 spiro atoms. The van der Waals surface area contributed by atoms with E-state index in [1.54, 1.807) is 12.4 Å². The van der Waals surface area contributed by atoms with Gasteiger partial charge in [-0.25, -0.2) is 9.97 Å². The molecule has 1 aromatic heterocycles. The number of aromatic nitrogens is 2. The van der Waals surface area contributed by atoms with Gasteiger partial charge in [-0.3, -0.25) is 4.90 Å². The third-order valence-corrected chi connectivity index (χ3v) is 3.71. The van der Waals surface area contributed by atoms with E-state index in [0.29, 0.717) is 19.7 Å². The molecule has 1 fully saturated rings. The molecule has 6 nitrogen and oxygen atoms in total. The third kappa shape index (κ3) is 4.72. The number of β-amino-alcohol motifs (C(OH)–C–C–N with tert-alkyl or cyclic N) is 1. The molecule has 23 heavy (non-hydrogen) atoms. The zero-order chi connectivity index (χ0) is 16.0. The SMILES string of the molecule is O[C@]1(COc2ccccc2)COCCN(Cc2cncnc2)C1. The van der Waals surface area contributed by atoms with E-state index < -0.39 is 5.60 Å². The van der Waals surface area contributed by atoms with Crippen molar-refractivity contribution in [2.75, 3.05) is 32.9 Å². The van der Waals surface area contributed by atoms with Gasteiger partial charge in [0.1, 0.15) is 24.3 Å². The van der Waals surface area contributed by atoms with Crippen molar-refractivity contribution in [3.05, 3.63) is 54.6 Å². The summed E-state index contributed by atoms with van der Waals surface area (Å²) < 4.78 is 11.3. The highest BCUT2D eigenvalue weighted by Crippen LogP contribution is 2.17. The zero-order valence-corrected chi connectivity index (χ0v) is 13.0. The number of benzene rings is 1. The van der Waals surface area contributed by atoms with Crippen LogP contribution in [0.15, 0.2) is 49.1 Å². The van der Waals surface area contributed by atoms with Gasteiger partial charge in [-0.05, 0) is 12.1 Å². The second-order valence-corrected chi connectivity index (χ2v) is 5.84. The van der Waals surface area contributed by atoms with Gasteiger partial charge < -0.3 is 14.6 Å². The summed E-state index contributed by atoms with van der Waals surface area (Å²) >= 11 is 0. The molecule has 1 aliphatic rings. The van der Waals surface area contributed by atoms with Crippen molar-refractivity contribution in [2.24, 2.45) is 0 Å². The highest BCUT2D eigenvalue weighted by molar-refractivity contribution is 5.21. The standard InChI is InChI=1S/C17H21N3O3/c21-17(13-23-16-4-2-1-3-5-16)11-20(6-7-22-12-17)10-15-8-18-14-19-9-15/h1-5,8-9,14,21H,6-7,10-13H2/t17-/m0/s1. The summed E-state index contributed by atoms with van der Waals surface area (Å²) in [7, 11) is 0. The van der Waals surface area contributed by atoms with Crippen molar-refractivity contribution in [1.29, 1.82) is 0 Å². The summed E-state index contributed by atoms with van der Waals surface area (Å²) in [6, 6.07) is 9.50. The van der Waals surface area contributed by atoms with Crippen molar-refractivity contribution in [3.63, 3.8) is 0 Å². The van der Waals surface area contributed by atoms with E-state index in [1.165, 1.54) is 6.33 Å². The van der Waals surface area contributed by atoms with Gasteiger partial charge in [-0.1, -0.05) is 18.2 Å². The summed E-state index contributed by atoms with van der Waals surface area (Å²) in [5.41, 5.74) is -0.0251. The van der Waals surface area contributed by atoms with Gasteiger partial charge in [0.25, 0.3) is 0 Å². The van der Waals surface area contributed by atoms with Crippen LogP contribution in [0.3, 0.4) is 0 Å². The minimum atomic E-state index is -1.04. The Morgan fingerprint density at radius 3 is 2.78 bits per heavy atom. The quantitative estimate of drug-likeness (QED) is 0.892. The molecule has 1 aromatic carbocycles. The van der Waals surface area contributed by atoms with Gasteiger partial charge in [-0.15, -0.1) is 0 Å². The first-order valence-corrected chi connectivity index (χ1v) is 7.68. The monoisotopic (exact) mass is 315 g/mol. The number of ether oxygens (including phenoxy) is 2. The second-order valence-electron chi connectivity index (χ2n) is 5.84. The Morgan fingerprint density at radius 2 is 2.00 bits per heavy atom. The third-order valence-electron chi connectivity index (χ3n) is 3.71. The van der Waals surface area contributed by atoms with Crippen LogP contribution in [0.1, 0.15) is 5.56 Å². The van der Waals surface area contributed by atoms with E-state index in [1.807, 2.05) is 30.3 Å². The van der Waals surface area contributed by atoms with Crippen LogP contribution in [-0.4, -0.2) is 58.5 Å². The fourth-order valence-electron chi connectivity index (χ4n) is 2.62. The molecular weight excluding hydrogens is 294 g/mol. The molecule has 1 aliphatic heterocycles. The summed E-state index contributed by atoms with van der Waals surface area (Å²) in [5.74, 6) is 0.744. The van der Waals surface area contributed by atoms with Gasteiger partial charge in [0, 0.05) is 37.6 Å². The molecule has 0 amide bonds. The Bertz CT molecular complexity index is 597. The van der Waals surface area contributed by atoms with Crippen LogP contribution < -0.4 is 4.74 Å². The number of nitrogens with zero attached hydrogens (tertiary/aromatic N) is 3. The number of hydrogen-bond acceptors (Lipinski definition) is 6. The molecule has 0 saturated carbocycles. The lowest BCUT2D eigenvalue weighted by Crippen LogP contribution is -2.48. The fraction of sp³-hybridized carbons (Fsp3) is 0.412. The fourth-order valence-corrected chi connectivity index (χ4v) is 2.62. The van der Waals surface area contributed by atoms with Crippen molar-refractivity contribution >= 4 is 0 Å². The topological polar surface area (TPSA) is 67.7 Å². The molecule has 2 aromatic rings. The van der Waals surface area contributed by atoms with Crippen LogP contribution in [0.5, 0.6) is 5.75 Å². The van der Waals surface area contributed by atoms with E-state index in [-0.39, 0.29) is 13.2 Å². The number of hydrogen-bond donors (Lipinski definition) is 1. The molecule has 1 atom stereocenters. The van der Waals surface area contributed by atoms with Crippen LogP contribution in [0.25, 0.3) is 0 Å². The highest BCUT2D eigenvalue weighted by atomic mass is 16.5. The molecule has 6 heteroatoms. The Balaban J connectivity index is 1.61. The van der Waals surface area contributed by atoms with E-state index in [2.05, 4.69) is 14.9 Å². The maximum Gasteiger partial charge on any atom is 0.134 e. The molecule has 0 radical (unpaired) electrons. The van der Waals surface area contributed by atoms with E-state index in [9.17, 15) is 5.11 Å². The van der Waals surface area contributed by atoms with Crippen LogP contribution in [0.2, 0.25) is 0 Å². The number of aliphatic hydroxyl groups is 1. The molecule has 0 bridgehead atoms. The Morgan fingerprint density at radius 1 is 1.22 bits per heavy atom. The van der Waals surface area contributed by atoms with Crippen LogP contribution in [-0.2, 0) is 11.3 Å². The molecule has 122 valence electrons. The average molecular weight is 315 g/mol. The van der Waals surface area contributed by atoms with Gasteiger partial charge in [0.05, 0.1) is 13.2 Å². The molecule has 3 rings (SSSR count). The lowest BCUT2D eigenvalue weighted by atomic mass is 10.1. The largest absolute Gasteiger partial charge is 0.490 e. The second kappa shape index (κ2) is 7.50. The van der Waals surface area contributed by atoms with Crippen molar-refractivity contribution < 1.29 is 14.6 Å². The van der Waals surface area contributed by atoms with Gasteiger partial charge in [0.15, 0.2) is 0 Å². The van der Waals surface area contributed by atoms with Crippen molar-refractivity contribution in [1.82, 2.24) is 14.9 Å². The lowest BCUT2D eigenvalue weighted by molar-refractivity contribution is -0.0646. The minimum absolute atomic E-state index is 0.193. The summed E-state index contributed by atoms with van der Waals surface area (Å²) in [6.45, 7) is 2.96. The Kier molecular flexibility index (Phi) is 5.17. The molecule has 2 heterocycles. The van der Waals surface area contributed by atoms with Gasteiger partial charge in [0.2, 0.25) is 0 Å². The normalized spacial score (nSPS) is 22.5. The van der Waals surface area contributed by atoms with E-state index >= 15 is 0 Å². The van der Waals surface area contributed by atoms with Crippen molar-refractivity contribution in [2.45, 2.75) is 12.1 Å². The smallest absolute Gasteiger partial charge is 0.134 e. The predicted molar refractivity (Wildman–Crippen MR) is 85.0 cm³/mol. The van der Waals surface area contributed by atoms with Gasteiger partial charge in [-0.2, -0.15) is 0 Å². The predicted octanol–water partition coefficient (Wildman–Crippen LogP) is 1.12. The first-order chi connectivity index (χ1) is 11.2. The van der Waals surface area contributed by atoms with Crippen LogP contribution in [0, 0.1) is 0 Å². The Labute approximate surface area is 135 Å². The number of rotatable bonds is 5.